The Morgan fingerprint density at radius 1 is 1.21 bits per heavy atom. The average Bonchev–Trinajstić information content (AvgIpc) is 2.03. The molecule has 78 valence electrons. The zero-order valence-electron chi connectivity index (χ0n) is 9.85. The molecule has 0 N–H and O–H groups in total. The number of rotatable bonds is 1. The Hall–Kier alpha value is -1.24. The highest BCUT2D eigenvalue weighted by Crippen LogP contribution is 2.17. The number of methoxy groups -OCH3 is 1. The van der Waals surface area contributed by atoms with Crippen LogP contribution in [0.5, 0.6) is 5.75 Å². The van der Waals surface area contributed by atoms with Gasteiger partial charge in [-0.15, -0.1) is 6.58 Å². The molecular weight excluding hydrogens is 172 g/mol. The van der Waals surface area contributed by atoms with Gasteiger partial charge in [-0.25, -0.2) is 0 Å². The lowest BCUT2D eigenvalue weighted by atomic mass is 10.1. The molecule has 0 spiro atoms. The number of hydrogen-bond donors (Lipinski definition) is 0. The average molecular weight is 192 g/mol. The summed E-state index contributed by atoms with van der Waals surface area (Å²) in [5.41, 5.74) is 3.64. The van der Waals surface area contributed by atoms with Crippen molar-refractivity contribution < 1.29 is 4.74 Å². The Morgan fingerprint density at radius 3 is 2.07 bits per heavy atom. The molecule has 0 saturated heterocycles. The number of hydrogen-bond acceptors (Lipinski definition) is 1. The van der Waals surface area contributed by atoms with Crippen molar-refractivity contribution in [2.75, 3.05) is 7.11 Å². The van der Waals surface area contributed by atoms with Gasteiger partial charge in [0.25, 0.3) is 0 Å². The van der Waals surface area contributed by atoms with Crippen molar-refractivity contribution >= 4 is 0 Å². The van der Waals surface area contributed by atoms with Crippen LogP contribution in [0, 0.1) is 13.8 Å². The highest BCUT2D eigenvalue weighted by Gasteiger charge is 1.94. The third kappa shape index (κ3) is 5.41. The van der Waals surface area contributed by atoms with Crippen LogP contribution in [0.15, 0.2) is 30.4 Å². The molecule has 0 fully saturated rings. The molecule has 0 aliphatic heterocycles. The molecule has 0 amide bonds. The Balaban J connectivity index is 0.000000364. The van der Waals surface area contributed by atoms with Crippen LogP contribution in [0.2, 0.25) is 0 Å². The van der Waals surface area contributed by atoms with Crippen molar-refractivity contribution in [3.63, 3.8) is 0 Å². The first-order chi connectivity index (χ1) is 6.47. The van der Waals surface area contributed by atoms with Crippen molar-refractivity contribution in [1.82, 2.24) is 0 Å². The molecular formula is C13H20O. The summed E-state index contributed by atoms with van der Waals surface area (Å²) >= 11 is 0. The fraction of sp³-hybridized carbons (Fsp3) is 0.385. The smallest absolute Gasteiger partial charge is 0.121 e. The standard InChI is InChI=1S/C9H12O.C4H8/c1-7-4-5-9(10-3)8(2)6-7;1-4(2)3/h4-6H,1-3H3;1H2,2-3H3. The second kappa shape index (κ2) is 6.25. The molecule has 0 radical (unpaired) electrons. The van der Waals surface area contributed by atoms with E-state index in [4.69, 9.17) is 4.74 Å². The van der Waals surface area contributed by atoms with E-state index in [1.54, 1.807) is 7.11 Å². The highest BCUT2D eigenvalue weighted by atomic mass is 16.5. The summed E-state index contributed by atoms with van der Waals surface area (Å²) in [4.78, 5) is 0. The molecule has 0 aromatic heterocycles. The molecule has 0 saturated carbocycles. The van der Waals surface area contributed by atoms with E-state index in [-0.39, 0.29) is 0 Å². The topological polar surface area (TPSA) is 9.23 Å². The van der Waals surface area contributed by atoms with Crippen LogP contribution in [0.1, 0.15) is 25.0 Å². The van der Waals surface area contributed by atoms with Crippen LogP contribution in [0.3, 0.4) is 0 Å². The SMILES string of the molecule is C=C(C)C.COc1ccc(C)cc1C. The predicted molar refractivity (Wildman–Crippen MR) is 63.0 cm³/mol. The largest absolute Gasteiger partial charge is 0.496 e. The lowest BCUT2D eigenvalue weighted by molar-refractivity contribution is 0.411. The van der Waals surface area contributed by atoms with Gasteiger partial charge < -0.3 is 4.74 Å². The molecule has 0 aliphatic carbocycles. The van der Waals surface area contributed by atoms with Crippen molar-refractivity contribution in [1.29, 1.82) is 0 Å². The third-order valence-corrected chi connectivity index (χ3v) is 1.55. The van der Waals surface area contributed by atoms with Crippen molar-refractivity contribution in [3.8, 4) is 5.75 Å². The van der Waals surface area contributed by atoms with Gasteiger partial charge >= 0.3 is 0 Å². The summed E-state index contributed by atoms with van der Waals surface area (Å²) in [6.07, 6.45) is 0. The number of ether oxygens (including phenoxy) is 1. The summed E-state index contributed by atoms with van der Waals surface area (Å²) in [5.74, 6) is 0.964. The number of allylic oxidation sites excluding steroid dienone is 1. The summed E-state index contributed by atoms with van der Waals surface area (Å²) < 4.78 is 5.10. The summed E-state index contributed by atoms with van der Waals surface area (Å²) in [7, 11) is 1.69. The zero-order valence-corrected chi connectivity index (χ0v) is 9.85. The highest BCUT2D eigenvalue weighted by molar-refractivity contribution is 5.35. The van der Waals surface area contributed by atoms with Gasteiger partial charge in [0.15, 0.2) is 0 Å². The van der Waals surface area contributed by atoms with Gasteiger partial charge in [0.2, 0.25) is 0 Å². The molecule has 0 bridgehead atoms. The summed E-state index contributed by atoms with van der Waals surface area (Å²) in [6, 6.07) is 6.15. The zero-order chi connectivity index (χ0) is 11.1. The fourth-order valence-corrected chi connectivity index (χ4v) is 1.03. The van der Waals surface area contributed by atoms with Crippen molar-refractivity contribution in [2.24, 2.45) is 0 Å². The second-order valence-corrected chi connectivity index (χ2v) is 3.68. The number of benzene rings is 1. The van der Waals surface area contributed by atoms with E-state index < -0.39 is 0 Å². The van der Waals surface area contributed by atoms with Crippen LogP contribution in [0.25, 0.3) is 0 Å². The first-order valence-electron chi connectivity index (χ1n) is 4.70. The van der Waals surface area contributed by atoms with Gasteiger partial charge in [0.05, 0.1) is 7.11 Å². The quantitative estimate of drug-likeness (QED) is 0.613. The number of aryl methyl sites for hydroxylation is 2. The molecule has 1 nitrogen and oxygen atoms in total. The molecule has 1 rings (SSSR count). The predicted octanol–water partition coefficient (Wildman–Crippen LogP) is 3.89. The minimum atomic E-state index is 0.964. The minimum Gasteiger partial charge on any atom is -0.496 e. The van der Waals surface area contributed by atoms with Crippen LogP contribution < -0.4 is 4.74 Å². The first-order valence-corrected chi connectivity index (χ1v) is 4.70. The van der Waals surface area contributed by atoms with Gasteiger partial charge in [0, 0.05) is 0 Å². The maximum atomic E-state index is 5.10. The lowest BCUT2D eigenvalue weighted by Crippen LogP contribution is -1.86. The van der Waals surface area contributed by atoms with Crippen molar-refractivity contribution in [3.05, 3.63) is 41.5 Å². The minimum absolute atomic E-state index is 0.964. The van der Waals surface area contributed by atoms with E-state index in [2.05, 4.69) is 19.6 Å². The molecule has 1 aromatic rings. The van der Waals surface area contributed by atoms with Crippen molar-refractivity contribution in [2.45, 2.75) is 27.7 Å². The van der Waals surface area contributed by atoms with E-state index in [0.29, 0.717) is 0 Å². The molecule has 14 heavy (non-hydrogen) atoms. The Bertz CT molecular complexity index is 296. The molecule has 0 unspecified atom stereocenters. The fourth-order valence-electron chi connectivity index (χ4n) is 1.03. The lowest BCUT2D eigenvalue weighted by Gasteiger charge is -2.03. The Labute approximate surface area is 87.4 Å². The molecule has 1 heteroatoms. The summed E-state index contributed by atoms with van der Waals surface area (Å²) in [6.45, 7) is 11.6. The van der Waals surface area contributed by atoms with Gasteiger partial charge in [-0.3, -0.25) is 0 Å². The van der Waals surface area contributed by atoms with Crippen LogP contribution in [-0.4, -0.2) is 7.11 Å². The maximum absolute atomic E-state index is 5.10. The van der Waals surface area contributed by atoms with Gasteiger partial charge in [-0.1, -0.05) is 23.3 Å². The van der Waals surface area contributed by atoms with Crippen LogP contribution in [-0.2, 0) is 0 Å². The Kier molecular flexibility index (Phi) is 5.70. The summed E-state index contributed by atoms with van der Waals surface area (Å²) in [5, 5.41) is 0. The normalized spacial score (nSPS) is 8.64. The van der Waals surface area contributed by atoms with Gasteiger partial charge in [-0.2, -0.15) is 0 Å². The second-order valence-electron chi connectivity index (χ2n) is 3.68. The van der Waals surface area contributed by atoms with Crippen LogP contribution in [0.4, 0.5) is 0 Å². The van der Waals surface area contributed by atoms with E-state index in [9.17, 15) is 0 Å². The van der Waals surface area contributed by atoms with Gasteiger partial charge in [-0.05, 0) is 39.3 Å². The van der Waals surface area contributed by atoms with Gasteiger partial charge in [0.1, 0.15) is 5.75 Å². The molecule has 0 heterocycles. The molecule has 0 atom stereocenters. The third-order valence-electron chi connectivity index (χ3n) is 1.55. The molecule has 0 aliphatic rings. The van der Waals surface area contributed by atoms with E-state index in [1.807, 2.05) is 32.9 Å². The molecule has 1 aromatic carbocycles. The monoisotopic (exact) mass is 192 g/mol. The van der Waals surface area contributed by atoms with E-state index in [0.717, 1.165) is 5.75 Å². The van der Waals surface area contributed by atoms with Crippen LogP contribution >= 0.6 is 0 Å². The first kappa shape index (κ1) is 12.8. The Morgan fingerprint density at radius 2 is 1.71 bits per heavy atom. The van der Waals surface area contributed by atoms with E-state index >= 15 is 0 Å². The maximum Gasteiger partial charge on any atom is 0.121 e. The van der Waals surface area contributed by atoms with E-state index in [1.165, 1.54) is 16.7 Å².